The first-order valence-corrected chi connectivity index (χ1v) is 8.94. The Hall–Kier alpha value is -2.61. The van der Waals surface area contributed by atoms with Gasteiger partial charge in [0.05, 0.1) is 26.5 Å². The summed E-state index contributed by atoms with van der Waals surface area (Å²) in [6.45, 7) is 5.43. The van der Waals surface area contributed by atoms with E-state index in [2.05, 4.69) is 15.6 Å². The summed E-state index contributed by atoms with van der Waals surface area (Å²) in [7, 11) is 3.14. The number of carbonyl (C=O) groups is 2. The van der Waals surface area contributed by atoms with Crippen molar-refractivity contribution in [2.45, 2.75) is 26.8 Å². The average Bonchev–Trinajstić information content (AvgIpc) is 3.00. The molecule has 140 valence electrons. The predicted molar refractivity (Wildman–Crippen MR) is 101 cm³/mol. The third kappa shape index (κ3) is 4.72. The van der Waals surface area contributed by atoms with Gasteiger partial charge in [0.15, 0.2) is 11.5 Å². The summed E-state index contributed by atoms with van der Waals surface area (Å²) >= 11 is 1.27. The number of methoxy groups -OCH3 is 2. The van der Waals surface area contributed by atoms with Crippen molar-refractivity contribution in [3.8, 4) is 22.1 Å². The lowest BCUT2D eigenvalue weighted by Gasteiger charge is -2.08. The highest BCUT2D eigenvalue weighted by Gasteiger charge is 2.18. The molecule has 0 bridgehead atoms. The lowest BCUT2D eigenvalue weighted by atomic mass is 10.2. The number of nitrogens with one attached hydrogen (secondary N) is 2. The highest BCUT2D eigenvalue weighted by atomic mass is 32.1. The Morgan fingerprint density at radius 2 is 1.88 bits per heavy atom. The number of thiazole rings is 1. The zero-order valence-electron chi connectivity index (χ0n) is 15.5. The monoisotopic (exact) mass is 377 g/mol. The standard InChI is InChI=1S/C18H23N3O4S/c1-10(2)20-15(22)9-19-17(23)16-11(3)21-18(26-16)12-6-7-13(24-4)14(8-12)25-5/h6-8,10H,9H2,1-5H3,(H,19,23)(H,20,22). The van der Waals surface area contributed by atoms with Crippen LogP contribution in [-0.4, -0.2) is 43.6 Å². The van der Waals surface area contributed by atoms with Crippen LogP contribution in [0.1, 0.15) is 29.2 Å². The first-order chi connectivity index (χ1) is 12.3. The van der Waals surface area contributed by atoms with Crippen LogP contribution in [0.5, 0.6) is 11.5 Å². The maximum Gasteiger partial charge on any atom is 0.263 e. The predicted octanol–water partition coefficient (Wildman–Crippen LogP) is 2.39. The van der Waals surface area contributed by atoms with Gasteiger partial charge >= 0.3 is 0 Å². The molecule has 0 atom stereocenters. The van der Waals surface area contributed by atoms with E-state index in [0.29, 0.717) is 27.1 Å². The molecule has 0 radical (unpaired) electrons. The van der Waals surface area contributed by atoms with Gasteiger partial charge in [-0.15, -0.1) is 11.3 Å². The summed E-state index contributed by atoms with van der Waals surface area (Å²) in [5.41, 5.74) is 1.44. The Balaban J connectivity index is 2.16. The Bertz CT molecular complexity index is 802. The number of rotatable bonds is 7. The highest BCUT2D eigenvalue weighted by molar-refractivity contribution is 7.17. The van der Waals surface area contributed by atoms with Crippen molar-refractivity contribution in [1.29, 1.82) is 0 Å². The molecule has 1 aromatic heterocycles. The minimum atomic E-state index is -0.314. The number of hydrogen-bond acceptors (Lipinski definition) is 6. The van der Waals surface area contributed by atoms with Crippen molar-refractivity contribution >= 4 is 23.2 Å². The Morgan fingerprint density at radius 3 is 2.50 bits per heavy atom. The topological polar surface area (TPSA) is 89.5 Å². The fourth-order valence-electron chi connectivity index (χ4n) is 2.31. The van der Waals surface area contributed by atoms with Gasteiger partial charge in [0.25, 0.3) is 5.91 Å². The second-order valence-electron chi connectivity index (χ2n) is 5.91. The van der Waals surface area contributed by atoms with Gasteiger partial charge in [-0.25, -0.2) is 4.98 Å². The molecule has 2 rings (SSSR count). The largest absolute Gasteiger partial charge is 0.493 e. The molecule has 0 aliphatic rings. The normalized spacial score (nSPS) is 10.5. The molecular weight excluding hydrogens is 354 g/mol. The van der Waals surface area contributed by atoms with Crippen molar-refractivity contribution in [3.63, 3.8) is 0 Å². The third-order valence-corrected chi connectivity index (χ3v) is 4.70. The van der Waals surface area contributed by atoms with Gasteiger partial charge < -0.3 is 20.1 Å². The summed E-state index contributed by atoms with van der Waals surface area (Å²) in [4.78, 5) is 29.0. The minimum absolute atomic E-state index is 0.0289. The van der Waals surface area contributed by atoms with Gasteiger partial charge in [0.2, 0.25) is 5.91 Å². The van der Waals surface area contributed by atoms with Gasteiger partial charge in [-0.2, -0.15) is 0 Å². The summed E-state index contributed by atoms with van der Waals surface area (Å²) in [5.74, 6) is 0.675. The Labute approximate surface area is 156 Å². The second kappa shape index (κ2) is 8.66. The molecule has 2 N–H and O–H groups in total. The smallest absolute Gasteiger partial charge is 0.263 e. The maximum absolute atomic E-state index is 12.4. The number of nitrogens with zero attached hydrogens (tertiary/aromatic N) is 1. The van der Waals surface area contributed by atoms with Crippen LogP contribution in [-0.2, 0) is 4.79 Å². The van der Waals surface area contributed by atoms with Gasteiger partial charge in [0.1, 0.15) is 9.88 Å². The molecule has 0 saturated carbocycles. The van der Waals surface area contributed by atoms with Crippen LogP contribution in [0.25, 0.3) is 10.6 Å². The van der Waals surface area contributed by atoms with E-state index in [9.17, 15) is 9.59 Å². The van der Waals surface area contributed by atoms with Crippen LogP contribution in [0.3, 0.4) is 0 Å². The van der Waals surface area contributed by atoms with Gasteiger partial charge in [0, 0.05) is 11.6 Å². The first kappa shape index (κ1) is 19.7. The quantitative estimate of drug-likeness (QED) is 0.773. The van der Waals surface area contributed by atoms with E-state index in [1.807, 2.05) is 26.0 Å². The molecule has 0 fully saturated rings. The number of benzene rings is 1. The summed E-state index contributed by atoms with van der Waals surface area (Å²) < 4.78 is 10.5. The molecule has 0 aliphatic carbocycles. The van der Waals surface area contributed by atoms with Crippen LogP contribution < -0.4 is 20.1 Å². The van der Waals surface area contributed by atoms with Gasteiger partial charge in [-0.1, -0.05) is 0 Å². The van der Waals surface area contributed by atoms with E-state index in [0.717, 1.165) is 5.56 Å². The van der Waals surface area contributed by atoms with E-state index >= 15 is 0 Å². The molecule has 0 saturated heterocycles. The van der Waals surface area contributed by atoms with Crippen LogP contribution in [0, 0.1) is 6.92 Å². The number of carbonyl (C=O) groups excluding carboxylic acids is 2. The zero-order valence-corrected chi connectivity index (χ0v) is 16.3. The molecule has 0 aliphatic heterocycles. The highest BCUT2D eigenvalue weighted by Crippen LogP contribution is 2.34. The van der Waals surface area contributed by atoms with Gasteiger partial charge in [-0.05, 0) is 39.0 Å². The molecule has 0 spiro atoms. The van der Waals surface area contributed by atoms with Crippen LogP contribution in [0.2, 0.25) is 0 Å². The molecule has 7 nitrogen and oxygen atoms in total. The number of amides is 2. The van der Waals surface area contributed by atoms with E-state index in [1.54, 1.807) is 27.2 Å². The molecule has 8 heteroatoms. The third-order valence-electron chi connectivity index (χ3n) is 3.49. The molecule has 1 aromatic carbocycles. The lowest BCUT2D eigenvalue weighted by Crippen LogP contribution is -2.39. The van der Waals surface area contributed by atoms with Crippen LogP contribution in [0.4, 0.5) is 0 Å². The van der Waals surface area contributed by atoms with Crippen LogP contribution >= 0.6 is 11.3 Å². The molecule has 0 unspecified atom stereocenters. The summed E-state index contributed by atoms with van der Waals surface area (Å²) in [6.07, 6.45) is 0. The fourth-order valence-corrected chi connectivity index (χ4v) is 3.29. The number of aryl methyl sites for hydroxylation is 1. The van der Waals surface area contributed by atoms with E-state index in [4.69, 9.17) is 9.47 Å². The lowest BCUT2D eigenvalue weighted by molar-refractivity contribution is -0.120. The Morgan fingerprint density at radius 1 is 1.19 bits per heavy atom. The van der Waals surface area contributed by atoms with E-state index in [-0.39, 0.29) is 24.4 Å². The molecule has 1 heterocycles. The van der Waals surface area contributed by atoms with Crippen molar-refractivity contribution in [3.05, 3.63) is 28.8 Å². The van der Waals surface area contributed by atoms with Gasteiger partial charge in [-0.3, -0.25) is 9.59 Å². The molecule has 2 amide bonds. The summed E-state index contributed by atoms with van der Waals surface area (Å²) in [5, 5.41) is 6.05. The van der Waals surface area contributed by atoms with Crippen LogP contribution in [0.15, 0.2) is 18.2 Å². The van der Waals surface area contributed by atoms with Crippen molar-refractivity contribution in [2.75, 3.05) is 20.8 Å². The number of ether oxygens (including phenoxy) is 2. The average molecular weight is 377 g/mol. The zero-order chi connectivity index (χ0) is 19.3. The molecule has 2 aromatic rings. The molecule has 26 heavy (non-hydrogen) atoms. The second-order valence-corrected chi connectivity index (χ2v) is 6.91. The van der Waals surface area contributed by atoms with Crippen molar-refractivity contribution in [2.24, 2.45) is 0 Å². The first-order valence-electron chi connectivity index (χ1n) is 8.13. The number of aromatic nitrogens is 1. The van der Waals surface area contributed by atoms with Crippen molar-refractivity contribution in [1.82, 2.24) is 15.6 Å². The fraction of sp³-hybridized carbons (Fsp3) is 0.389. The SMILES string of the molecule is COc1ccc(-c2nc(C)c(C(=O)NCC(=O)NC(C)C)s2)cc1OC. The number of hydrogen-bond donors (Lipinski definition) is 2. The van der Waals surface area contributed by atoms with Crippen molar-refractivity contribution < 1.29 is 19.1 Å². The minimum Gasteiger partial charge on any atom is -0.493 e. The molecular formula is C18H23N3O4S. The maximum atomic E-state index is 12.4. The van der Waals surface area contributed by atoms with E-state index < -0.39 is 0 Å². The Kier molecular flexibility index (Phi) is 6.57. The summed E-state index contributed by atoms with van der Waals surface area (Å²) in [6, 6.07) is 5.49. The van der Waals surface area contributed by atoms with E-state index in [1.165, 1.54) is 11.3 Å².